The molecule has 0 saturated carbocycles. The maximum atomic E-state index is 12.4. The van der Waals surface area contributed by atoms with Crippen LogP contribution in [0.15, 0.2) is 71.3 Å². The van der Waals surface area contributed by atoms with Gasteiger partial charge in [-0.25, -0.2) is 9.78 Å². The standard InChI is InChI=1S/C22H18N2O4/c1-14(2)26-16-8-6-15(7-9-16)22(25)27-17-10-11-18-20(13-17)28-21(24-18)19-5-3-4-12-23-19/h3-14H,1-2H3. The zero-order valence-electron chi connectivity index (χ0n) is 15.5. The Bertz CT molecular complexity index is 1100. The van der Waals surface area contributed by atoms with Gasteiger partial charge in [0.05, 0.1) is 11.7 Å². The van der Waals surface area contributed by atoms with E-state index in [1.807, 2.05) is 32.0 Å². The van der Waals surface area contributed by atoms with Crippen molar-refractivity contribution in [3.63, 3.8) is 0 Å². The second kappa shape index (κ2) is 7.52. The third-order valence-electron chi connectivity index (χ3n) is 3.92. The Labute approximate surface area is 161 Å². The van der Waals surface area contributed by atoms with Crippen molar-refractivity contribution in [1.29, 1.82) is 0 Å². The van der Waals surface area contributed by atoms with Crippen LogP contribution in [-0.2, 0) is 0 Å². The van der Waals surface area contributed by atoms with Crippen LogP contribution in [0.5, 0.6) is 11.5 Å². The maximum absolute atomic E-state index is 12.4. The Morgan fingerprint density at radius 1 is 1.00 bits per heavy atom. The van der Waals surface area contributed by atoms with Crippen LogP contribution in [-0.4, -0.2) is 22.0 Å². The molecule has 2 aromatic carbocycles. The predicted molar refractivity (Wildman–Crippen MR) is 104 cm³/mol. The zero-order chi connectivity index (χ0) is 19.5. The van der Waals surface area contributed by atoms with Crippen molar-refractivity contribution in [2.45, 2.75) is 20.0 Å². The predicted octanol–water partition coefficient (Wildman–Crippen LogP) is 4.90. The van der Waals surface area contributed by atoms with Crippen LogP contribution in [0.1, 0.15) is 24.2 Å². The molecule has 0 atom stereocenters. The molecule has 0 fully saturated rings. The topological polar surface area (TPSA) is 74.5 Å². The van der Waals surface area contributed by atoms with Crippen molar-refractivity contribution in [2.75, 3.05) is 0 Å². The summed E-state index contributed by atoms with van der Waals surface area (Å²) in [6, 6.07) is 17.4. The Balaban J connectivity index is 1.52. The minimum Gasteiger partial charge on any atom is -0.491 e. The van der Waals surface area contributed by atoms with Crippen LogP contribution >= 0.6 is 0 Å². The number of carbonyl (C=O) groups is 1. The van der Waals surface area contributed by atoms with E-state index in [1.54, 1.807) is 48.7 Å². The highest BCUT2D eigenvalue weighted by Crippen LogP contribution is 2.26. The first-order valence-corrected chi connectivity index (χ1v) is 8.89. The summed E-state index contributed by atoms with van der Waals surface area (Å²) in [6.07, 6.45) is 1.75. The van der Waals surface area contributed by atoms with E-state index in [2.05, 4.69) is 9.97 Å². The molecule has 0 amide bonds. The molecule has 4 aromatic rings. The molecule has 4 rings (SSSR count). The number of hydrogen-bond acceptors (Lipinski definition) is 6. The third-order valence-corrected chi connectivity index (χ3v) is 3.92. The average molecular weight is 374 g/mol. The largest absolute Gasteiger partial charge is 0.491 e. The fourth-order valence-electron chi connectivity index (χ4n) is 2.67. The van der Waals surface area contributed by atoms with E-state index in [-0.39, 0.29) is 6.10 Å². The number of hydrogen-bond donors (Lipinski definition) is 0. The second-order valence-corrected chi connectivity index (χ2v) is 6.44. The molecule has 0 bridgehead atoms. The van der Waals surface area contributed by atoms with Crippen LogP contribution in [0.2, 0.25) is 0 Å². The summed E-state index contributed by atoms with van der Waals surface area (Å²) in [6.45, 7) is 3.89. The van der Waals surface area contributed by atoms with Crippen LogP contribution in [0.4, 0.5) is 0 Å². The van der Waals surface area contributed by atoms with Gasteiger partial charge in [-0.05, 0) is 62.4 Å². The fraction of sp³-hybridized carbons (Fsp3) is 0.136. The summed E-state index contributed by atoms with van der Waals surface area (Å²) in [5.41, 5.74) is 2.26. The molecule has 0 aliphatic carbocycles. The monoisotopic (exact) mass is 374 g/mol. The fourth-order valence-corrected chi connectivity index (χ4v) is 2.67. The highest BCUT2D eigenvalue weighted by molar-refractivity contribution is 5.91. The van der Waals surface area contributed by atoms with Crippen molar-refractivity contribution in [3.05, 3.63) is 72.4 Å². The van der Waals surface area contributed by atoms with Crippen molar-refractivity contribution in [1.82, 2.24) is 9.97 Å². The summed E-state index contributed by atoms with van der Waals surface area (Å²) in [7, 11) is 0. The lowest BCUT2D eigenvalue weighted by Gasteiger charge is -2.10. The number of aromatic nitrogens is 2. The first-order chi connectivity index (χ1) is 13.6. The lowest BCUT2D eigenvalue weighted by molar-refractivity contribution is 0.0735. The molecule has 0 unspecified atom stereocenters. The maximum Gasteiger partial charge on any atom is 0.343 e. The zero-order valence-corrected chi connectivity index (χ0v) is 15.5. The Hall–Kier alpha value is -3.67. The Kier molecular flexibility index (Phi) is 4.76. The first-order valence-electron chi connectivity index (χ1n) is 8.89. The van der Waals surface area contributed by atoms with E-state index in [4.69, 9.17) is 13.9 Å². The van der Waals surface area contributed by atoms with Crippen molar-refractivity contribution in [2.24, 2.45) is 0 Å². The number of pyridine rings is 1. The molecule has 2 heterocycles. The Morgan fingerprint density at radius 3 is 2.50 bits per heavy atom. The lowest BCUT2D eigenvalue weighted by atomic mass is 10.2. The quantitative estimate of drug-likeness (QED) is 0.365. The lowest BCUT2D eigenvalue weighted by Crippen LogP contribution is -2.09. The molecule has 0 saturated heterocycles. The van der Waals surface area contributed by atoms with Gasteiger partial charge in [0, 0.05) is 12.3 Å². The van der Waals surface area contributed by atoms with Gasteiger partial charge in [0.25, 0.3) is 0 Å². The number of benzene rings is 2. The van der Waals surface area contributed by atoms with Gasteiger partial charge in [-0.1, -0.05) is 6.07 Å². The number of ether oxygens (including phenoxy) is 2. The molecule has 0 spiro atoms. The molecule has 28 heavy (non-hydrogen) atoms. The number of rotatable bonds is 5. The van der Waals surface area contributed by atoms with Gasteiger partial charge < -0.3 is 13.9 Å². The molecule has 0 N–H and O–H groups in total. The van der Waals surface area contributed by atoms with Gasteiger partial charge in [-0.3, -0.25) is 4.98 Å². The molecule has 6 heteroatoms. The van der Waals surface area contributed by atoms with Gasteiger partial charge in [-0.2, -0.15) is 0 Å². The number of esters is 1. The van der Waals surface area contributed by atoms with E-state index < -0.39 is 5.97 Å². The van der Waals surface area contributed by atoms with E-state index in [1.165, 1.54) is 0 Å². The summed E-state index contributed by atoms with van der Waals surface area (Å²) in [4.78, 5) is 21.0. The smallest absolute Gasteiger partial charge is 0.343 e. The average Bonchev–Trinajstić information content (AvgIpc) is 3.12. The van der Waals surface area contributed by atoms with E-state index in [0.29, 0.717) is 39.7 Å². The summed E-state index contributed by atoms with van der Waals surface area (Å²) in [5, 5.41) is 0. The molecule has 2 aromatic heterocycles. The van der Waals surface area contributed by atoms with Gasteiger partial charge >= 0.3 is 5.97 Å². The normalized spacial score (nSPS) is 11.0. The SMILES string of the molecule is CC(C)Oc1ccc(C(=O)Oc2ccc3nc(-c4ccccn4)oc3c2)cc1. The van der Waals surface area contributed by atoms with E-state index >= 15 is 0 Å². The number of fused-ring (bicyclic) bond motifs is 1. The van der Waals surface area contributed by atoms with E-state index in [0.717, 1.165) is 0 Å². The van der Waals surface area contributed by atoms with Crippen molar-refractivity contribution >= 4 is 17.1 Å². The highest BCUT2D eigenvalue weighted by Gasteiger charge is 2.13. The van der Waals surface area contributed by atoms with Crippen molar-refractivity contribution in [3.8, 4) is 23.1 Å². The van der Waals surface area contributed by atoms with Crippen molar-refractivity contribution < 1.29 is 18.7 Å². The number of nitrogens with zero attached hydrogens (tertiary/aromatic N) is 2. The third kappa shape index (κ3) is 3.86. The molecular formula is C22H18N2O4. The minimum atomic E-state index is -0.458. The molecule has 140 valence electrons. The minimum absolute atomic E-state index is 0.0717. The summed E-state index contributed by atoms with van der Waals surface area (Å²) in [5.74, 6) is 1.04. The van der Waals surface area contributed by atoms with Crippen LogP contribution < -0.4 is 9.47 Å². The van der Waals surface area contributed by atoms with Gasteiger partial charge in [0.1, 0.15) is 22.7 Å². The molecule has 0 radical (unpaired) electrons. The first kappa shape index (κ1) is 17.7. The van der Waals surface area contributed by atoms with Crippen LogP contribution in [0.25, 0.3) is 22.7 Å². The van der Waals surface area contributed by atoms with Gasteiger partial charge in [-0.15, -0.1) is 0 Å². The molecular weight excluding hydrogens is 356 g/mol. The summed E-state index contributed by atoms with van der Waals surface area (Å²) < 4.78 is 16.8. The molecule has 0 aliphatic rings. The van der Waals surface area contributed by atoms with Gasteiger partial charge in [0.15, 0.2) is 5.58 Å². The highest BCUT2D eigenvalue weighted by atomic mass is 16.5. The number of oxazole rings is 1. The van der Waals surface area contributed by atoms with E-state index in [9.17, 15) is 4.79 Å². The molecule has 0 aliphatic heterocycles. The Morgan fingerprint density at radius 2 is 1.79 bits per heavy atom. The number of carbonyl (C=O) groups excluding carboxylic acids is 1. The molecule has 6 nitrogen and oxygen atoms in total. The summed E-state index contributed by atoms with van der Waals surface area (Å²) >= 11 is 0. The van der Waals surface area contributed by atoms with Crippen LogP contribution in [0.3, 0.4) is 0 Å². The van der Waals surface area contributed by atoms with Gasteiger partial charge in [0.2, 0.25) is 5.89 Å². The second-order valence-electron chi connectivity index (χ2n) is 6.44. The van der Waals surface area contributed by atoms with Crippen LogP contribution in [0, 0.1) is 0 Å².